The summed E-state index contributed by atoms with van der Waals surface area (Å²) >= 11 is 12.1. The highest BCUT2D eigenvalue weighted by molar-refractivity contribution is 6.35. The highest BCUT2D eigenvalue weighted by atomic mass is 35.5. The Hall–Kier alpha value is -2.64. The number of methoxy groups -OCH3 is 2. The average molecular weight is 439 g/mol. The highest BCUT2D eigenvalue weighted by Crippen LogP contribution is 2.40. The smallest absolute Gasteiger partial charge is 0.322 e. The number of hydrogen-bond donors (Lipinski definition) is 2. The molecule has 9 heteroatoms. The number of carboxylic acid groups (broad SMARTS) is 1. The van der Waals surface area contributed by atoms with Gasteiger partial charge in [-0.2, -0.15) is 0 Å². The van der Waals surface area contributed by atoms with Gasteiger partial charge in [0.05, 0.1) is 37.4 Å². The van der Waals surface area contributed by atoms with E-state index < -0.39 is 18.0 Å². The Morgan fingerprint density at radius 1 is 1.17 bits per heavy atom. The summed E-state index contributed by atoms with van der Waals surface area (Å²) in [5.41, 5.74) is 1.98. The van der Waals surface area contributed by atoms with Crippen LogP contribution in [0.15, 0.2) is 30.3 Å². The fourth-order valence-corrected chi connectivity index (χ4v) is 3.77. The van der Waals surface area contributed by atoms with Crippen molar-refractivity contribution in [2.24, 2.45) is 0 Å². The molecule has 2 aromatic rings. The van der Waals surface area contributed by atoms with Crippen LogP contribution in [0.25, 0.3) is 0 Å². The normalized spacial score (nSPS) is 15.4. The fraction of sp³-hybridized carbons (Fsp3) is 0.300. The van der Waals surface area contributed by atoms with E-state index in [-0.39, 0.29) is 6.42 Å². The zero-order chi connectivity index (χ0) is 21.1. The van der Waals surface area contributed by atoms with Gasteiger partial charge in [0.2, 0.25) is 0 Å². The summed E-state index contributed by atoms with van der Waals surface area (Å²) in [4.78, 5) is 26.0. The zero-order valence-corrected chi connectivity index (χ0v) is 17.4. The molecule has 0 unspecified atom stereocenters. The molecule has 1 atom stereocenters. The van der Waals surface area contributed by atoms with Crippen molar-refractivity contribution in [2.75, 3.05) is 26.1 Å². The summed E-state index contributed by atoms with van der Waals surface area (Å²) in [5.74, 6) is 0.0157. The molecule has 0 spiro atoms. The zero-order valence-electron chi connectivity index (χ0n) is 15.9. The Morgan fingerprint density at radius 3 is 2.52 bits per heavy atom. The first kappa shape index (κ1) is 21.1. The molecular formula is C20H20Cl2N2O5. The SMILES string of the molecule is COc1cc2c(cc1OC)[C@H](CC(=O)O)N(C(=O)Nc1cc(Cl)ccc1Cl)CC2. The number of fused-ring (bicyclic) bond motifs is 1. The molecule has 0 aromatic heterocycles. The lowest BCUT2D eigenvalue weighted by Crippen LogP contribution is -2.43. The second kappa shape index (κ2) is 8.80. The molecular weight excluding hydrogens is 419 g/mol. The van der Waals surface area contributed by atoms with Crippen LogP contribution in [0.2, 0.25) is 10.0 Å². The number of benzene rings is 2. The van der Waals surface area contributed by atoms with Gasteiger partial charge in [-0.25, -0.2) is 4.79 Å². The molecule has 154 valence electrons. The lowest BCUT2D eigenvalue weighted by atomic mass is 9.90. The van der Waals surface area contributed by atoms with Crippen LogP contribution in [0.1, 0.15) is 23.6 Å². The molecule has 0 saturated carbocycles. The first-order valence-corrected chi connectivity index (χ1v) is 9.59. The molecule has 29 heavy (non-hydrogen) atoms. The number of carbonyl (C=O) groups excluding carboxylic acids is 1. The van der Waals surface area contributed by atoms with E-state index in [1.54, 1.807) is 24.3 Å². The van der Waals surface area contributed by atoms with Gasteiger partial charge in [-0.1, -0.05) is 23.2 Å². The van der Waals surface area contributed by atoms with Crippen LogP contribution in [0.4, 0.5) is 10.5 Å². The molecule has 0 saturated heterocycles. The molecule has 1 aliphatic rings. The second-order valence-corrected chi connectivity index (χ2v) is 7.36. The van der Waals surface area contributed by atoms with E-state index in [2.05, 4.69) is 5.32 Å². The van der Waals surface area contributed by atoms with Crippen molar-refractivity contribution in [3.8, 4) is 11.5 Å². The number of nitrogens with one attached hydrogen (secondary N) is 1. The minimum Gasteiger partial charge on any atom is -0.493 e. The molecule has 0 radical (unpaired) electrons. The highest BCUT2D eigenvalue weighted by Gasteiger charge is 2.34. The summed E-state index contributed by atoms with van der Waals surface area (Å²) in [6, 6.07) is 7.16. The number of hydrogen-bond acceptors (Lipinski definition) is 4. The Bertz CT molecular complexity index is 951. The maximum absolute atomic E-state index is 13.0. The number of carboxylic acids is 1. The minimum absolute atomic E-state index is 0.251. The van der Waals surface area contributed by atoms with Crippen molar-refractivity contribution in [1.82, 2.24) is 4.90 Å². The number of nitrogens with zero attached hydrogens (tertiary/aromatic N) is 1. The van der Waals surface area contributed by atoms with Crippen LogP contribution in [-0.2, 0) is 11.2 Å². The number of halogens is 2. The van der Waals surface area contributed by atoms with Gasteiger partial charge in [-0.05, 0) is 47.9 Å². The fourth-order valence-electron chi connectivity index (χ4n) is 3.44. The van der Waals surface area contributed by atoms with Crippen molar-refractivity contribution in [3.63, 3.8) is 0 Å². The maximum Gasteiger partial charge on any atom is 0.322 e. The minimum atomic E-state index is -1.02. The van der Waals surface area contributed by atoms with Crippen molar-refractivity contribution < 1.29 is 24.2 Å². The molecule has 0 aliphatic carbocycles. The summed E-state index contributed by atoms with van der Waals surface area (Å²) in [5, 5.41) is 12.9. The summed E-state index contributed by atoms with van der Waals surface area (Å²) in [6.45, 7) is 0.338. The van der Waals surface area contributed by atoms with Gasteiger partial charge in [0.15, 0.2) is 11.5 Å². The van der Waals surface area contributed by atoms with Crippen molar-refractivity contribution in [2.45, 2.75) is 18.9 Å². The topological polar surface area (TPSA) is 88.1 Å². The number of ether oxygens (including phenoxy) is 2. The molecule has 0 fully saturated rings. The Morgan fingerprint density at radius 2 is 1.86 bits per heavy atom. The van der Waals surface area contributed by atoms with Crippen LogP contribution < -0.4 is 14.8 Å². The Labute approximate surface area is 178 Å². The van der Waals surface area contributed by atoms with Gasteiger partial charge < -0.3 is 24.8 Å². The number of carbonyl (C=O) groups is 2. The van der Waals surface area contributed by atoms with Crippen LogP contribution in [0.3, 0.4) is 0 Å². The van der Waals surface area contributed by atoms with Crippen LogP contribution >= 0.6 is 23.2 Å². The molecule has 7 nitrogen and oxygen atoms in total. The molecule has 3 rings (SSSR count). The number of rotatable bonds is 5. The van der Waals surface area contributed by atoms with Gasteiger partial charge in [0.25, 0.3) is 0 Å². The van der Waals surface area contributed by atoms with Gasteiger partial charge in [0, 0.05) is 11.6 Å². The third kappa shape index (κ3) is 4.52. The summed E-state index contributed by atoms with van der Waals surface area (Å²) < 4.78 is 10.7. The third-order valence-electron chi connectivity index (χ3n) is 4.80. The largest absolute Gasteiger partial charge is 0.493 e. The van der Waals surface area contributed by atoms with Crippen molar-refractivity contribution >= 4 is 40.9 Å². The van der Waals surface area contributed by atoms with Crippen LogP contribution in [0.5, 0.6) is 11.5 Å². The summed E-state index contributed by atoms with van der Waals surface area (Å²) in [7, 11) is 3.04. The molecule has 1 heterocycles. The van der Waals surface area contributed by atoms with Gasteiger partial charge in [-0.15, -0.1) is 0 Å². The average Bonchev–Trinajstić information content (AvgIpc) is 2.69. The predicted octanol–water partition coefficient (Wildman–Crippen LogP) is 4.62. The lowest BCUT2D eigenvalue weighted by molar-refractivity contribution is -0.138. The van der Waals surface area contributed by atoms with E-state index in [4.69, 9.17) is 32.7 Å². The number of anilines is 1. The summed E-state index contributed by atoms with van der Waals surface area (Å²) in [6.07, 6.45) is 0.293. The Balaban J connectivity index is 1.96. The van der Waals surface area contributed by atoms with Gasteiger partial charge in [-0.3, -0.25) is 4.79 Å². The van der Waals surface area contributed by atoms with Crippen LogP contribution in [-0.4, -0.2) is 42.8 Å². The van der Waals surface area contributed by atoms with Crippen molar-refractivity contribution in [3.05, 3.63) is 51.5 Å². The molecule has 2 aromatic carbocycles. The maximum atomic E-state index is 13.0. The number of amides is 2. The van der Waals surface area contributed by atoms with E-state index in [9.17, 15) is 14.7 Å². The quantitative estimate of drug-likeness (QED) is 0.710. The molecule has 2 amide bonds. The monoisotopic (exact) mass is 438 g/mol. The third-order valence-corrected chi connectivity index (χ3v) is 5.37. The van der Waals surface area contributed by atoms with E-state index in [1.807, 2.05) is 6.07 Å². The second-order valence-electron chi connectivity index (χ2n) is 6.52. The van der Waals surface area contributed by atoms with E-state index >= 15 is 0 Å². The van der Waals surface area contributed by atoms with Crippen LogP contribution in [0, 0.1) is 0 Å². The predicted molar refractivity (Wildman–Crippen MR) is 110 cm³/mol. The number of urea groups is 1. The molecule has 0 bridgehead atoms. The first-order valence-electron chi connectivity index (χ1n) is 8.83. The van der Waals surface area contributed by atoms with E-state index in [0.717, 1.165) is 5.56 Å². The number of aliphatic carboxylic acids is 1. The van der Waals surface area contributed by atoms with E-state index in [0.29, 0.717) is 45.8 Å². The molecule has 2 N–H and O–H groups in total. The van der Waals surface area contributed by atoms with Gasteiger partial charge in [0.1, 0.15) is 0 Å². The lowest BCUT2D eigenvalue weighted by Gasteiger charge is -2.37. The standard InChI is InChI=1S/C20H20Cl2N2O5/c1-28-17-7-11-5-6-24(16(10-19(25)26)13(11)9-18(17)29-2)20(27)23-15-8-12(21)3-4-14(15)22/h3-4,7-9,16H,5-6,10H2,1-2H3,(H,23,27)(H,25,26)/t16-/m0/s1. The van der Waals surface area contributed by atoms with Gasteiger partial charge >= 0.3 is 12.0 Å². The first-order chi connectivity index (χ1) is 13.8. The Kier molecular flexibility index (Phi) is 6.39. The van der Waals surface area contributed by atoms with Crippen molar-refractivity contribution in [1.29, 1.82) is 0 Å². The van der Waals surface area contributed by atoms with E-state index in [1.165, 1.54) is 19.1 Å². The molecule has 1 aliphatic heterocycles.